The molecule has 0 radical (unpaired) electrons. The molecule has 134 valence electrons. The molecule has 1 aliphatic heterocycles. The highest BCUT2D eigenvalue weighted by Crippen LogP contribution is 2.42. The van der Waals surface area contributed by atoms with Crippen molar-refractivity contribution in [1.82, 2.24) is 19.6 Å². The lowest BCUT2D eigenvalue weighted by atomic mass is 10.0. The van der Waals surface area contributed by atoms with Crippen LogP contribution in [0.3, 0.4) is 0 Å². The number of carbonyl (C=O) groups is 1. The molecule has 1 amide bonds. The molecule has 2 aliphatic rings. The molecule has 2 fully saturated rings. The molecule has 1 saturated carbocycles. The fourth-order valence-electron chi connectivity index (χ4n) is 3.88. The molecule has 0 aromatic carbocycles. The van der Waals surface area contributed by atoms with Gasteiger partial charge in [0.15, 0.2) is 5.69 Å². The smallest absolute Gasteiger partial charge is 0.274 e. The van der Waals surface area contributed by atoms with E-state index in [9.17, 15) is 4.79 Å². The Hall–Kier alpha value is -1.36. The monoisotopic (exact) mass is 332 g/mol. The van der Waals surface area contributed by atoms with Crippen molar-refractivity contribution in [2.75, 3.05) is 27.2 Å². The van der Waals surface area contributed by atoms with E-state index in [2.05, 4.69) is 57.4 Å². The summed E-state index contributed by atoms with van der Waals surface area (Å²) in [7, 11) is 4.22. The normalized spacial score (nSPS) is 24.9. The maximum Gasteiger partial charge on any atom is 0.274 e. The van der Waals surface area contributed by atoms with E-state index in [0.717, 1.165) is 19.5 Å². The third kappa shape index (κ3) is 3.23. The van der Waals surface area contributed by atoms with Crippen LogP contribution in [0.4, 0.5) is 0 Å². The zero-order valence-corrected chi connectivity index (χ0v) is 16.0. The van der Waals surface area contributed by atoms with Crippen molar-refractivity contribution in [3.63, 3.8) is 0 Å². The molecule has 0 N–H and O–H groups in total. The lowest BCUT2D eigenvalue weighted by Gasteiger charge is -2.23. The van der Waals surface area contributed by atoms with Crippen LogP contribution in [0.5, 0.6) is 0 Å². The highest BCUT2D eigenvalue weighted by atomic mass is 16.2. The third-order valence-corrected chi connectivity index (χ3v) is 5.47. The number of rotatable bonds is 4. The lowest BCUT2D eigenvalue weighted by molar-refractivity contribution is 0.0773. The second kappa shape index (κ2) is 6.17. The zero-order chi connectivity index (χ0) is 17.6. The first-order valence-corrected chi connectivity index (χ1v) is 9.28. The molecule has 3 rings (SSSR count). The van der Waals surface area contributed by atoms with Crippen LogP contribution < -0.4 is 0 Å². The van der Waals surface area contributed by atoms with Crippen molar-refractivity contribution in [2.45, 2.75) is 64.5 Å². The molecule has 1 saturated heterocycles. The number of nitrogens with zero attached hydrogens (tertiary/aromatic N) is 4. The highest BCUT2D eigenvalue weighted by molar-refractivity contribution is 5.92. The summed E-state index contributed by atoms with van der Waals surface area (Å²) in [5.41, 5.74) is 1.78. The van der Waals surface area contributed by atoms with E-state index in [0.29, 0.717) is 23.6 Å². The Morgan fingerprint density at radius 2 is 1.96 bits per heavy atom. The van der Waals surface area contributed by atoms with E-state index in [1.54, 1.807) is 0 Å². The van der Waals surface area contributed by atoms with E-state index in [1.807, 2.05) is 4.90 Å². The minimum atomic E-state index is -0.0837. The van der Waals surface area contributed by atoms with Gasteiger partial charge in [0.25, 0.3) is 5.91 Å². The molecule has 1 aromatic rings. The number of hydrogen-bond acceptors (Lipinski definition) is 3. The van der Waals surface area contributed by atoms with Gasteiger partial charge in [-0.15, -0.1) is 0 Å². The quantitative estimate of drug-likeness (QED) is 0.851. The molecule has 0 spiro atoms. The third-order valence-electron chi connectivity index (χ3n) is 5.47. The summed E-state index contributed by atoms with van der Waals surface area (Å²) in [5.74, 6) is 1.24. The van der Waals surface area contributed by atoms with Gasteiger partial charge in [0.2, 0.25) is 0 Å². The minimum Gasteiger partial charge on any atom is -0.335 e. The number of aromatic nitrogens is 2. The summed E-state index contributed by atoms with van der Waals surface area (Å²) in [4.78, 5) is 17.3. The molecule has 0 bridgehead atoms. The number of likely N-dealkylation sites (N-methyl/N-ethyl adjacent to an activating group) is 1. The van der Waals surface area contributed by atoms with Crippen LogP contribution in [0.1, 0.15) is 69.1 Å². The Morgan fingerprint density at radius 1 is 1.29 bits per heavy atom. The Balaban J connectivity index is 1.83. The minimum absolute atomic E-state index is 0.0837. The van der Waals surface area contributed by atoms with E-state index < -0.39 is 0 Å². The predicted molar refractivity (Wildman–Crippen MR) is 96.4 cm³/mol. The summed E-state index contributed by atoms with van der Waals surface area (Å²) >= 11 is 0. The van der Waals surface area contributed by atoms with Gasteiger partial charge in [0.05, 0.1) is 5.54 Å². The van der Waals surface area contributed by atoms with Gasteiger partial charge >= 0.3 is 0 Å². The summed E-state index contributed by atoms with van der Waals surface area (Å²) in [5, 5.41) is 4.72. The maximum atomic E-state index is 13.0. The van der Waals surface area contributed by atoms with E-state index in [-0.39, 0.29) is 11.4 Å². The summed E-state index contributed by atoms with van der Waals surface area (Å²) in [6.45, 7) is 10.3. The van der Waals surface area contributed by atoms with Gasteiger partial charge in [-0.2, -0.15) is 5.10 Å². The average Bonchev–Trinajstić information content (AvgIpc) is 3.10. The van der Waals surface area contributed by atoms with E-state index in [1.165, 1.54) is 18.5 Å². The lowest BCUT2D eigenvalue weighted by Crippen LogP contribution is -2.36. The highest BCUT2D eigenvalue weighted by Gasteiger charge is 2.38. The van der Waals surface area contributed by atoms with Crippen LogP contribution in [-0.4, -0.2) is 58.7 Å². The van der Waals surface area contributed by atoms with Gasteiger partial charge < -0.3 is 9.80 Å². The number of amides is 1. The fraction of sp³-hybridized carbons (Fsp3) is 0.789. The van der Waals surface area contributed by atoms with E-state index >= 15 is 0 Å². The average molecular weight is 332 g/mol. The Kier molecular flexibility index (Phi) is 4.49. The largest absolute Gasteiger partial charge is 0.335 e. The number of likely N-dealkylation sites (tertiary alicyclic amines) is 1. The summed E-state index contributed by atoms with van der Waals surface area (Å²) < 4.78 is 2.08. The Morgan fingerprint density at radius 3 is 2.42 bits per heavy atom. The molecule has 1 aromatic heterocycles. The second-order valence-corrected chi connectivity index (χ2v) is 8.72. The standard InChI is InChI=1S/C19H32N4O/c1-7-13-11-22(12-17(13)21(5)6)18(24)15-10-16(14-8-9-14)23(20-15)19(2,3)4/h10,13-14,17H,7-9,11-12H2,1-6H3/t13-,17+/m1/s1. The number of hydrogen-bond donors (Lipinski definition) is 0. The first-order valence-electron chi connectivity index (χ1n) is 9.28. The van der Waals surface area contributed by atoms with Gasteiger partial charge in [0, 0.05) is 30.7 Å². The Labute approximate surface area is 146 Å². The predicted octanol–water partition coefficient (Wildman–Crippen LogP) is 2.93. The first-order chi connectivity index (χ1) is 11.2. The zero-order valence-electron chi connectivity index (χ0n) is 16.0. The van der Waals surface area contributed by atoms with Crippen LogP contribution >= 0.6 is 0 Å². The number of carbonyl (C=O) groups excluding carboxylic acids is 1. The van der Waals surface area contributed by atoms with Crippen molar-refractivity contribution in [3.8, 4) is 0 Å². The van der Waals surface area contributed by atoms with Crippen LogP contribution in [0.15, 0.2) is 6.07 Å². The van der Waals surface area contributed by atoms with Gasteiger partial charge in [-0.05, 0) is 59.7 Å². The first kappa shape index (κ1) is 17.5. The molecule has 1 aliphatic carbocycles. The van der Waals surface area contributed by atoms with Crippen molar-refractivity contribution in [1.29, 1.82) is 0 Å². The van der Waals surface area contributed by atoms with Gasteiger partial charge in [0.1, 0.15) is 0 Å². The van der Waals surface area contributed by atoms with Gasteiger partial charge in [-0.3, -0.25) is 9.48 Å². The van der Waals surface area contributed by atoms with Crippen LogP contribution in [0.2, 0.25) is 0 Å². The molecular weight excluding hydrogens is 300 g/mol. The molecule has 5 heteroatoms. The van der Waals surface area contributed by atoms with E-state index in [4.69, 9.17) is 5.10 Å². The van der Waals surface area contributed by atoms with Crippen LogP contribution in [-0.2, 0) is 5.54 Å². The summed E-state index contributed by atoms with van der Waals surface area (Å²) in [6.07, 6.45) is 3.55. The van der Waals surface area contributed by atoms with Crippen molar-refractivity contribution in [2.24, 2.45) is 5.92 Å². The van der Waals surface area contributed by atoms with Gasteiger partial charge in [-0.25, -0.2) is 0 Å². The molecule has 2 atom stereocenters. The van der Waals surface area contributed by atoms with Gasteiger partial charge in [-0.1, -0.05) is 13.3 Å². The van der Waals surface area contributed by atoms with Crippen LogP contribution in [0, 0.1) is 5.92 Å². The molecule has 0 unspecified atom stereocenters. The molecule has 24 heavy (non-hydrogen) atoms. The topological polar surface area (TPSA) is 41.4 Å². The fourth-order valence-corrected chi connectivity index (χ4v) is 3.88. The Bertz CT molecular complexity index is 609. The van der Waals surface area contributed by atoms with Crippen molar-refractivity contribution >= 4 is 5.91 Å². The molecular formula is C19H32N4O. The second-order valence-electron chi connectivity index (χ2n) is 8.72. The van der Waals surface area contributed by atoms with Crippen molar-refractivity contribution < 1.29 is 4.79 Å². The molecule has 5 nitrogen and oxygen atoms in total. The van der Waals surface area contributed by atoms with Crippen LogP contribution in [0.25, 0.3) is 0 Å². The maximum absolute atomic E-state index is 13.0. The molecule has 2 heterocycles. The van der Waals surface area contributed by atoms with Crippen molar-refractivity contribution in [3.05, 3.63) is 17.5 Å². The summed E-state index contributed by atoms with van der Waals surface area (Å²) in [6, 6.07) is 2.50. The SMILES string of the molecule is CC[C@@H]1CN(C(=O)c2cc(C3CC3)n(C(C)(C)C)n2)C[C@@H]1N(C)C.